The number of carbonyl (C=O) groups excluding carboxylic acids is 1. The number of aromatic nitrogens is 1. The quantitative estimate of drug-likeness (QED) is 0.541. The SMILES string of the molecule is CCOc1ccc2nc(SCC(=O)Nc3ccc(C(C)C)cc3)sc2c1. The average Bonchev–Trinajstić information content (AvgIpc) is 3.03. The van der Waals surface area contributed by atoms with Crippen molar-refractivity contribution in [1.29, 1.82) is 0 Å². The first-order chi connectivity index (χ1) is 12.5. The minimum absolute atomic E-state index is 0.0263. The van der Waals surface area contributed by atoms with Crippen LogP contribution in [0.1, 0.15) is 32.3 Å². The number of hydrogen-bond acceptors (Lipinski definition) is 5. The lowest BCUT2D eigenvalue weighted by Gasteiger charge is -2.08. The third kappa shape index (κ3) is 4.77. The first kappa shape index (κ1) is 18.7. The Bertz CT molecular complexity index is 888. The number of benzene rings is 2. The molecule has 0 bridgehead atoms. The lowest BCUT2D eigenvalue weighted by atomic mass is 10.0. The van der Waals surface area contributed by atoms with Gasteiger partial charge in [-0.3, -0.25) is 4.79 Å². The van der Waals surface area contributed by atoms with Gasteiger partial charge in [-0.1, -0.05) is 37.7 Å². The molecule has 0 radical (unpaired) electrons. The van der Waals surface area contributed by atoms with E-state index in [0.29, 0.717) is 18.3 Å². The van der Waals surface area contributed by atoms with Gasteiger partial charge >= 0.3 is 0 Å². The number of amides is 1. The van der Waals surface area contributed by atoms with E-state index in [4.69, 9.17) is 4.74 Å². The van der Waals surface area contributed by atoms with Crippen LogP contribution in [0, 0.1) is 0 Å². The van der Waals surface area contributed by atoms with Gasteiger partial charge in [0, 0.05) is 5.69 Å². The van der Waals surface area contributed by atoms with Gasteiger partial charge in [-0.2, -0.15) is 0 Å². The van der Waals surface area contributed by atoms with Crippen LogP contribution < -0.4 is 10.1 Å². The first-order valence-electron chi connectivity index (χ1n) is 8.61. The summed E-state index contributed by atoms with van der Waals surface area (Å²) in [6.07, 6.45) is 0. The van der Waals surface area contributed by atoms with Crippen molar-refractivity contribution < 1.29 is 9.53 Å². The molecule has 0 atom stereocenters. The van der Waals surface area contributed by atoms with Crippen LogP contribution >= 0.6 is 23.1 Å². The summed E-state index contributed by atoms with van der Waals surface area (Å²) in [5.74, 6) is 1.64. The third-order valence-electron chi connectivity index (χ3n) is 3.84. The molecule has 0 unspecified atom stereocenters. The Kier molecular flexibility index (Phi) is 6.16. The molecule has 1 aromatic heterocycles. The summed E-state index contributed by atoms with van der Waals surface area (Å²) >= 11 is 3.04. The summed E-state index contributed by atoms with van der Waals surface area (Å²) < 4.78 is 7.48. The smallest absolute Gasteiger partial charge is 0.234 e. The van der Waals surface area contributed by atoms with Crippen molar-refractivity contribution in [3.05, 3.63) is 48.0 Å². The lowest BCUT2D eigenvalue weighted by Crippen LogP contribution is -2.13. The van der Waals surface area contributed by atoms with Gasteiger partial charge < -0.3 is 10.1 Å². The van der Waals surface area contributed by atoms with Gasteiger partial charge in [-0.05, 0) is 48.7 Å². The molecule has 0 saturated carbocycles. The maximum Gasteiger partial charge on any atom is 0.234 e. The number of nitrogens with one attached hydrogen (secondary N) is 1. The second-order valence-corrected chi connectivity index (χ2v) is 8.41. The Hall–Kier alpha value is -2.05. The van der Waals surface area contributed by atoms with E-state index in [0.717, 1.165) is 26.0 Å². The molecule has 4 nitrogen and oxygen atoms in total. The van der Waals surface area contributed by atoms with Crippen molar-refractivity contribution in [2.24, 2.45) is 0 Å². The van der Waals surface area contributed by atoms with E-state index in [1.807, 2.05) is 37.3 Å². The highest BCUT2D eigenvalue weighted by molar-refractivity contribution is 8.01. The van der Waals surface area contributed by atoms with Crippen molar-refractivity contribution in [3.63, 3.8) is 0 Å². The number of nitrogens with zero attached hydrogens (tertiary/aromatic N) is 1. The number of ether oxygens (including phenoxy) is 1. The molecular formula is C20H22N2O2S2. The predicted octanol–water partition coefficient (Wildman–Crippen LogP) is 5.55. The summed E-state index contributed by atoms with van der Waals surface area (Å²) in [6.45, 7) is 6.91. The van der Waals surface area contributed by atoms with Crippen LogP contribution in [0.4, 0.5) is 5.69 Å². The highest BCUT2D eigenvalue weighted by Crippen LogP contribution is 2.32. The number of rotatable bonds is 7. The second-order valence-electron chi connectivity index (χ2n) is 6.16. The fraction of sp³-hybridized carbons (Fsp3) is 0.300. The Morgan fingerprint density at radius 2 is 2.00 bits per heavy atom. The van der Waals surface area contributed by atoms with Crippen molar-refractivity contribution in [2.75, 3.05) is 17.7 Å². The molecule has 1 amide bonds. The van der Waals surface area contributed by atoms with Crippen LogP contribution in [0.3, 0.4) is 0 Å². The summed E-state index contributed by atoms with van der Waals surface area (Å²) in [5.41, 5.74) is 3.02. The van der Waals surface area contributed by atoms with Crippen molar-refractivity contribution >= 4 is 44.9 Å². The number of thioether (sulfide) groups is 1. The Morgan fingerprint density at radius 3 is 2.69 bits per heavy atom. The molecule has 2 aromatic carbocycles. The predicted molar refractivity (Wildman–Crippen MR) is 111 cm³/mol. The number of fused-ring (bicyclic) bond motifs is 1. The van der Waals surface area contributed by atoms with Crippen LogP contribution in [0.5, 0.6) is 5.75 Å². The van der Waals surface area contributed by atoms with Gasteiger partial charge in [0.15, 0.2) is 4.34 Å². The molecule has 0 spiro atoms. The molecule has 0 saturated heterocycles. The van der Waals surface area contributed by atoms with E-state index in [2.05, 4.69) is 36.3 Å². The maximum absolute atomic E-state index is 12.2. The van der Waals surface area contributed by atoms with Crippen molar-refractivity contribution in [1.82, 2.24) is 4.98 Å². The maximum atomic E-state index is 12.2. The van der Waals surface area contributed by atoms with Crippen molar-refractivity contribution in [2.45, 2.75) is 31.0 Å². The van der Waals surface area contributed by atoms with Gasteiger partial charge in [0.25, 0.3) is 0 Å². The molecule has 1 heterocycles. The average molecular weight is 387 g/mol. The summed E-state index contributed by atoms with van der Waals surface area (Å²) in [5, 5.41) is 2.94. The zero-order valence-electron chi connectivity index (χ0n) is 15.1. The van der Waals surface area contributed by atoms with E-state index in [-0.39, 0.29) is 5.91 Å². The molecule has 3 rings (SSSR count). The highest BCUT2D eigenvalue weighted by Gasteiger charge is 2.09. The van der Waals surface area contributed by atoms with E-state index in [9.17, 15) is 4.79 Å². The molecule has 0 aliphatic rings. The highest BCUT2D eigenvalue weighted by atomic mass is 32.2. The van der Waals surface area contributed by atoms with Crippen LogP contribution in [0.2, 0.25) is 0 Å². The Labute approximate surface area is 162 Å². The van der Waals surface area contributed by atoms with E-state index in [1.54, 1.807) is 11.3 Å². The van der Waals surface area contributed by atoms with E-state index < -0.39 is 0 Å². The fourth-order valence-electron chi connectivity index (χ4n) is 2.48. The van der Waals surface area contributed by atoms with Crippen LogP contribution in [0.25, 0.3) is 10.2 Å². The fourth-order valence-corrected chi connectivity index (χ4v) is 4.37. The summed E-state index contributed by atoms with van der Waals surface area (Å²) in [7, 11) is 0. The summed E-state index contributed by atoms with van der Waals surface area (Å²) in [4.78, 5) is 16.8. The van der Waals surface area contributed by atoms with Crippen LogP contribution in [-0.2, 0) is 4.79 Å². The number of hydrogen-bond donors (Lipinski definition) is 1. The van der Waals surface area contributed by atoms with Gasteiger partial charge in [0.2, 0.25) is 5.91 Å². The minimum atomic E-state index is -0.0263. The lowest BCUT2D eigenvalue weighted by molar-refractivity contribution is -0.113. The monoisotopic (exact) mass is 386 g/mol. The number of anilines is 1. The summed E-state index contributed by atoms with van der Waals surface area (Å²) in [6, 6.07) is 13.9. The molecular weight excluding hydrogens is 364 g/mol. The molecule has 136 valence electrons. The number of thiazole rings is 1. The standard InChI is InChI=1S/C20H22N2O2S2/c1-4-24-16-9-10-17-18(11-16)26-20(22-17)25-12-19(23)21-15-7-5-14(6-8-15)13(2)3/h5-11,13H,4,12H2,1-3H3,(H,21,23). The van der Waals surface area contributed by atoms with Crippen molar-refractivity contribution in [3.8, 4) is 5.75 Å². The van der Waals surface area contributed by atoms with E-state index in [1.165, 1.54) is 17.3 Å². The molecule has 26 heavy (non-hydrogen) atoms. The Morgan fingerprint density at radius 1 is 1.23 bits per heavy atom. The molecule has 0 aliphatic heterocycles. The molecule has 0 fully saturated rings. The van der Waals surface area contributed by atoms with Gasteiger partial charge in [-0.15, -0.1) is 11.3 Å². The molecule has 3 aromatic rings. The second kappa shape index (κ2) is 8.56. The largest absolute Gasteiger partial charge is 0.494 e. The number of carbonyl (C=O) groups is 1. The normalized spacial score (nSPS) is 11.1. The van der Waals surface area contributed by atoms with Gasteiger partial charge in [0.1, 0.15) is 5.75 Å². The van der Waals surface area contributed by atoms with Crippen LogP contribution in [0.15, 0.2) is 46.8 Å². The molecule has 1 N–H and O–H groups in total. The zero-order valence-corrected chi connectivity index (χ0v) is 16.7. The minimum Gasteiger partial charge on any atom is -0.494 e. The van der Waals surface area contributed by atoms with Crippen LogP contribution in [-0.4, -0.2) is 23.3 Å². The van der Waals surface area contributed by atoms with Gasteiger partial charge in [-0.25, -0.2) is 4.98 Å². The third-order valence-corrected chi connectivity index (χ3v) is 6.00. The van der Waals surface area contributed by atoms with Gasteiger partial charge in [0.05, 0.1) is 22.6 Å². The Balaban J connectivity index is 1.57. The van der Waals surface area contributed by atoms with E-state index >= 15 is 0 Å². The molecule has 0 aliphatic carbocycles. The molecule has 6 heteroatoms. The first-order valence-corrected chi connectivity index (χ1v) is 10.4. The topological polar surface area (TPSA) is 51.2 Å². The zero-order chi connectivity index (χ0) is 18.5.